The van der Waals surface area contributed by atoms with E-state index in [0.29, 0.717) is 15.8 Å². The number of nitrogens with one attached hydrogen (secondary N) is 1. The molecule has 118 valence electrons. The first kappa shape index (κ1) is 16.8. The van der Waals surface area contributed by atoms with Crippen molar-refractivity contribution in [1.29, 1.82) is 0 Å². The van der Waals surface area contributed by atoms with Crippen molar-refractivity contribution in [2.75, 3.05) is 11.8 Å². The quantitative estimate of drug-likeness (QED) is 0.861. The summed E-state index contributed by atoms with van der Waals surface area (Å²) in [6, 6.07) is 7.15. The molecule has 0 spiro atoms. The molecule has 0 fully saturated rings. The number of halogens is 2. The van der Waals surface area contributed by atoms with E-state index in [1.807, 2.05) is 0 Å². The van der Waals surface area contributed by atoms with Crippen LogP contribution < -0.4 is 9.46 Å². The van der Waals surface area contributed by atoms with Crippen molar-refractivity contribution >= 4 is 31.6 Å². The largest absolute Gasteiger partial charge is 0.496 e. The van der Waals surface area contributed by atoms with E-state index in [4.69, 9.17) is 4.74 Å². The molecule has 0 aromatic heterocycles. The van der Waals surface area contributed by atoms with Crippen molar-refractivity contribution in [1.82, 2.24) is 0 Å². The Morgan fingerprint density at radius 3 is 2.41 bits per heavy atom. The van der Waals surface area contributed by atoms with Crippen molar-refractivity contribution in [3.8, 4) is 5.75 Å². The molecule has 0 aliphatic carbocycles. The van der Waals surface area contributed by atoms with Gasteiger partial charge in [-0.15, -0.1) is 0 Å². The van der Waals surface area contributed by atoms with Crippen LogP contribution in [0.5, 0.6) is 5.75 Å². The Balaban J connectivity index is 2.45. The fourth-order valence-electron chi connectivity index (χ4n) is 2.06. The van der Waals surface area contributed by atoms with Gasteiger partial charge in [-0.2, -0.15) is 0 Å². The Labute approximate surface area is 137 Å². The van der Waals surface area contributed by atoms with Crippen LogP contribution >= 0.6 is 15.9 Å². The Morgan fingerprint density at radius 2 is 1.82 bits per heavy atom. The second-order valence-electron chi connectivity index (χ2n) is 4.75. The maximum Gasteiger partial charge on any atom is 0.262 e. The van der Waals surface area contributed by atoms with Gasteiger partial charge in [0.25, 0.3) is 10.0 Å². The SMILES string of the molecule is COc1ccc(S(=O)(=O)Nc2ccc(Br)cc2F)c(C)c1C. The summed E-state index contributed by atoms with van der Waals surface area (Å²) < 4.78 is 46.7. The molecule has 0 radical (unpaired) electrons. The lowest BCUT2D eigenvalue weighted by Gasteiger charge is -2.14. The summed E-state index contributed by atoms with van der Waals surface area (Å²) in [6.07, 6.45) is 0. The van der Waals surface area contributed by atoms with Crippen molar-refractivity contribution in [3.05, 3.63) is 51.7 Å². The van der Waals surface area contributed by atoms with Crippen LogP contribution in [0.1, 0.15) is 11.1 Å². The van der Waals surface area contributed by atoms with E-state index >= 15 is 0 Å². The molecule has 0 atom stereocenters. The second kappa shape index (κ2) is 6.26. The van der Waals surface area contributed by atoms with Crippen LogP contribution in [0.2, 0.25) is 0 Å². The molecule has 0 saturated carbocycles. The highest BCUT2D eigenvalue weighted by Gasteiger charge is 2.21. The number of rotatable bonds is 4. The van der Waals surface area contributed by atoms with Crippen LogP contribution in [0.15, 0.2) is 39.7 Å². The summed E-state index contributed by atoms with van der Waals surface area (Å²) in [6.45, 7) is 3.46. The molecule has 2 aromatic carbocycles. The molecule has 0 saturated heterocycles. The third kappa shape index (κ3) is 3.25. The Bertz CT molecular complexity index is 822. The fraction of sp³-hybridized carbons (Fsp3) is 0.200. The van der Waals surface area contributed by atoms with E-state index < -0.39 is 15.8 Å². The molecule has 0 heterocycles. The minimum atomic E-state index is -3.89. The van der Waals surface area contributed by atoms with Gasteiger partial charge in [-0.1, -0.05) is 15.9 Å². The van der Waals surface area contributed by atoms with Crippen LogP contribution in [-0.4, -0.2) is 15.5 Å². The zero-order valence-electron chi connectivity index (χ0n) is 12.3. The first-order chi connectivity index (χ1) is 10.3. The summed E-state index contributed by atoms with van der Waals surface area (Å²) >= 11 is 3.13. The first-order valence-corrected chi connectivity index (χ1v) is 8.66. The van der Waals surface area contributed by atoms with E-state index in [1.54, 1.807) is 26.0 Å². The third-order valence-corrected chi connectivity index (χ3v) is 5.38. The standard InChI is InChI=1S/C15H15BrFNO3S/c1-9-10(2)15(7-6-14(9)21-3)22(19,20)18-13-5-4-11(16)8-12(13)17/h4-8,18H,1-3H3. The topological polar surface area (TPSA) is 55.4 Å². The molecule has 0 aliphatic heterocycles. The monoisotopic (exact) mass is 387 g/mol. The zero-order valence-corrected chi connectivity index (χ0v) is 14.7. The smallest absolute Gasteiger partial charge is 0.262 e. The Morgan fingerprint density at radius 1 is 1.14 bits per heavy atom. The number of hydrogen-bond donors (Lipinski definition) is 1. The highest BCUT2D eigenvalue weighted by atomic mass is 79.9. The van der Waals surface area contributed by atoms with E-state index in [1.165, 1.54) is 25.3 Å². The Kier molecular flexibility index (Phi) is 4.77. The van der Waals surface area contributed by atoms with Gasteiger partial charge in [-0.25, -0.2) is 12.8 Å². The molecule has 2 aromatic rings. The molecule has 2 rings (SSSR count). The molecule has 0 aliphatic rings. The molecule has 1 N–H and O–H groups in total. The predicted octanol–water partition coefficient (Wildman–Crippen LogP) is 4.01. The summed E-state index contributed by atoms with van der Waals surface area (Å²) in [5.74, 6) is -0.0490. The van der Waals surface area contributed by atoms with Gasteiger partial charge in [0.2, 0.25) is 0 Å². The lowest BCUT2D eigenvalue weighted by atomic mass is 10.1. The van der Waals surface area contributed by atoms with Gasteiger partial charge in [-0.3, -0.25) is 4.72 Å². The maximum absolute atomic E-state index is 13.8. The lowest BCUT2D eigenvalue weighted by molar-refractivity contribution is 0.410. The summed E-state index contributed by atoms with van der Waals surface area (Å²) in [7, 11) is -2.37. The maximum atomic E-state index is 13.8. The minimum Gasteiger partial charge on any atom is -0.496 e. The number of anilines is 1. The number of ether oxygens (including phenoxy) is 1. The Hall–Kier alpha value is -1.60. The highest BCUT2D eigenvalue weighted by molar-refractivity contribution is 9.10. The number of methoxy groups -OCH3 is 1. The normalized spacial score (nSPS) is 11.3. The average Bonchev–Trinajstić information content (AvgIpc) is 2.44. The van der Waals surface area contributed by atoms with E-state index in [0.717, 1.165) is 5.56 Å². The molecule has 22 heavy (non-hydrogen) atoms. The molecule has 0 amide bonds. The summed E-state index contributed by atoms with van der Waals surface area (Å²) in [5, 5.41) is 0. The van der Waals surface area contributed by atoms with Crippen LogP contribution in [0, 0.1) is 19.7 Å². The lowest BCUT2D eigenvalue weighted by Crippen LogP contribution is -2.15. The molecular weight excluding hydrogens is 373 g/mol. The second-order valence-corrected chi connectivity index (χ2v) is 7.31. The van der Waals surface area contributed by atoms with E-state index in [2.05, 4.69) is 20.7 Å². The van der Waals surface area contributed by atoms with Gasteiger partial charge < -0.3 is 4.74 Å². The molecular formula is C15H15BrFNO3S. The number of hydrogen-bond acceptors (Lipinski definition) is 3. The minimum absolute atomic E-state index is 0.0909. The molecule has 4 nitrogen and oxygen atoms in total. The number of benzene rings is 2. The third-order valence-electron chi connectivity index (χ3n) is 3.37. The highest BCUT2D eigenvalue weighted by Crippen LogP contribution is 2.29. The van der Waals surface area contributed by atoms with Crippen molar-refractivity contribution in [3.63, 3.8) is 0 Å². The van der Waals surface area contributed by atoms with Crippen LogP contribution in [-0.2, 0) is 10.0 Å². The molecule has 7 heteroatoms. The van der Waals surface area contributed by atoms with Gasteiger partial charge in [0.05, 0.1) is 17.7 Å². The summed E-state index contributed by atoms with van der Waals surface area (Å²) in [4.78, 5) is 0.0909. The average molecular weight is 388 g/mol. The van der Waals surface area contributed by atoms with Crippen molar-refractivity contribution in [2.45, 2.75) is 18.7 Å². The fourth-order valence-corrected chi connectivity index (χ4v) is 3.76. The van der Waals surface area contributed by atoms with Crippen LogP contribution in [0.3, 0.4) is 0 Å². The summed E-state index contributed by atoms with van der Waals surface area (Å²) in [5.41, 5.74) is 1.18. The van der Waals surface area contributed by atoms with E-state index in [9.17, 15) is 12.8 Å². The van der Waals surface area contributed by atoms with Crippen molar-refractivity contribution in [2.24, 2.45) is 0 Å². The van der Waals surface area contributed by atoms with Crippen LogP contribution in [0.4, 0.5) is 10.1 Å². The first-order valence-electron chi connectivity index (χ1n) is 6.38. The van der Waals surface area contributed by atoms with E-state index in [-0.39, 0.29) is 10.6 Å². The van der Waals surface area contributed by atoms with Gasteiger partial charge >= 0.3 is 0 Å². The van der Waals surface area contributed by atoms with Gasteiger partial charge in [-0.05, 0) is 55.3 Å². The molecule has 0 bridgehead atoms. The van der Waals surface area contributed by atoms with Crippen molar-refractivity contribution < 1.29 is 17.5 Å². The number of sulfonamides is 1. The molecule has 0 unspecified atom stereocenters. The zero-order chi connectivity index (χ0) is 16.5. The van der Waals surface area contributed by atoms with Gasteiger partial charge in [0.1, 0.15) is 11.6 Å². The predicted molar refractivity (Wildman–Crippen MR) is 87.4 cm³/mol. The van der Waals surface area contributed by atoms with Crippen LogP contribution in [0.25, 0.3) is 0 Å². The van der Waals surface area contributed by atoms with Gasteiger partial charge in [0, 0.05) is 4.47 Å². The van der Waals surface area contributed by atoms with Gasteiger partial charge in [0.15, 0.2) is 0 Å².